The number of hydrogen-bond donors (Lipinski definition) is 0. The van der Waals surface area contributed by atoms with Crippen LogP contribution < -0.4 is 0 Å². The Hall–Kier alpha value is -1.72. The third kappa shape index (κ3) is 4.65. The molecule has 0 bridgehead atoms. The van der Waals surface area contributed by atoms with E-state index in [0.29, 0.717) is 18.0 Å². The number of aromatic nitrogens is 1. The van der Waals surface area contributed by atoms with Crippen LogP contribution in [0.5, 0.6) is 0 Å². The molecule has 2 heterocycles. The van der Waals surface area contributed by atoms with Crippen LogP contribution in [0, 0.1) is 5.92 Å². The average molecular weight is 389 g/mol. The Kier molecular flexibility index (Phi) is 5.99. The molecule has 0 saturated carbocycles. The zero-order chi connectivity index (χ0) is 16.8. The quantitative estimate of drug-likeness (QED) is 0.779. The van der Waals surface area contributed by atoms with Crippen LogP contribution in [0.1, 0.15) is 28.8 Å². The first-order valence-corrected chi connectivity index (χ1v) is 9.03. The third-order valence-electron chi connectivity index (χ3n) is 4.27. The number of nitrogens with zero attached hydrogens (tertiary/aromatic N) is 2. The number of halogens is 1. The van der Waals surface area contributed by atoms with Crippen LogP contribution in [0.3, 0.4) is 0 Å². The highest BCUT2D eigenvalue weighted by Crippen LogP contribution is 2.20. The maximum Gasteiger partial charge on any atom is 0.255 e. The van der Waals surface area contributed by atoms with Gasteiger partial charge >= 0.3 is 0 Å². The summed E-state index contributed by atoms with van der Waals surface area (Å²) in [6, 6.07) is 12.0. The van der Waals surface area contributed by atoms with Crippen molar-refractivity contribution in [1.82, 2.24) is 9.88 Å². The number of carbonyl (C=O) groups is 1. The number of carbonyl (C=O) groups excluding carboxylic acids is 1. The molecule has 0 aliphatic carbocycles. The SMILES string of the molecule is O=C(c1cncc(Br)c1)N(Cc1ccccc1)CC1CCOCC1. The molecule has 1 aromatic heterocycles. The molecule has 4 nitrogen and oxygen atoms in total. The van der Waals surface area contributed by atoms with E-state index in [4.69, 9.17) is 4.74 Å². The van der Waals surface area contributed by atoms with Crippen molar-refractivity contribution >= 4 is 21.8 Å². The van der Waals surface area contributed by atoms with Gasteiger partial charge in [-0.25, -0.2) is 0 Å². The lowest BCUT2D eigenvalue weighted by Gasteiger charge is -2.30. The fraction of sp³-hybridized carbons (Fsp3) is 0.368. The topological polar surface area (TPSA) is 42.4 Å². The summed E-state index contributed by atoms with van der Waals surface area (Å²) in [5.41, 5.74) is 1.76. The van der Waals surface area contributed by atoms with Crippen molar-refractivity contribution in [2.24, 2.45) is 5.92 Å². The summed E-state index contributed by atoms with van der Waals surface area (Å²) >= 11 is 3.40. The third-order valence-corrected chi connectivity index (χ3v) is 4.71. The summed E-state index contributed by atoms with van der Waals surface area (Å²) in [6.45, 7) is 2.94. The van der Waals surface area contributed by atoms with E-state index >= 15 is 0 Å². The maximum atomic E-state index is 13.0. The lowest BCUT2D eigenvalue weighted by molar-refractivity contribution is 0.0445. The van der Waals surface area contributed by atoms with E-state index in [1.54, 1.807) is 12.4 Å². The predicted molar refractivity (Wildman–Crippen MR) is 96.7 cm³/mol. The summed E-state index contributed by atoms with van der Waals surface area (Å²) in [4.78, 5) is 19.1. The lowest BCUT2D eigenvalue weighted by atomic mass is 9.99. The monoisotopic (exact) mass is 388 g/mol. The minimum Gasteiger partial charge on any atom is -0.381 e. The first-order chi connectivity index (χ1) is 11.7. The molecule has 0 radical (unpaired) electrons. The van der Waals surface area contributed by atoms with Gasteiger partial charge in [-0.2, -0.15) is 0 Å². The van der Waals surface area contributed by atoms with Gasteiger partial charge < -0.3 is 9.64 Å². The van der Waals surface area contributed by atoms with Gasteiger partial charge in [-0.1, -0.05) is 30.3 Å². The zero-order valence-electron chi connectivity index (χ0n) is 13.5. The van der Waals surface area contributed by atoms with Gasteiger partial charge in [0.2, 0.25) is 0 Å². The Balaban J connectivity index is 1.78. The fourth-order valence-corrected chi connectivity index (χ4v) is 3.34. The number of rotatable bonds is 5. The van der Waals surface area contributed by atoms with Gasteiger partial charge in [0.25, 0.3) is 5.91 Å². The largest absolute Gasteiger partial charge is 0.381 e. The molecule has 1 aliphatic heterocycles. The van der Waals surface area contributed by atoms with Gasteiger partial charge in [-0.05, 0) is 46.3 Å². The van der Waals surface area contributed by atoms with E-state index in [2.05, 4.69) is 33.0 Å². The predicted octanol–water partition coefficient (Wildman–Crippen LogP) is 3.91. The van der Waals surface area contributed by atoms with E-state index < -0.39 is 0 Å². The molecular weight excluding hydrogens is 368 g/mol. The number of hydrogen-bond acceptors (Lipinski definition) is 3. The number of ether oxygens (including phenoxy) is 1. The molecule has 1 saturated heterocycles. The molecule has 5 heteroatoms. The van der Waals surface area contributed by atoms with Crippen LogP contribution in [0.4, 0.5) is 0 Å². The van der Waals surface area contributed by atoms with Crippen molar-refractivity contribution in [2.45, 2.75) is 19.4 Å². The van der Waals surface area contributed by atoms with Crippen molar-refractivity contribution in [3.8, 4) is 0 Å². The molecule has 24 heavy (non-hydrogen) atoms. The molecule has 1 aliphatic rings. The van der Waals surface area contributed by atoms with Gasteiger partial charge in [0, 0.05) is 43.2 Å². The van der Waals surface area contributed by atoms with Crippen molar-refractivity contribution < 1.29 is 9.53 Å². The first-order valence-electron chi connectivity index (χ1n) is 8.24. The van der Waals surface area contributed by atoms with Crippen molar-refractivity contribution in [3.05, 3.63) is 64.4 Å². The average Bonchev–Trinajstić information content (AvgIpc) is 2.62. The number of benzene rings is 1. The second-order valence-corrected chi connectivity index (χ2v) is 7.03. The van der Waals surface area contributed by atoms with Crippen LogP contribution in [-0.2, 0) is 11.3 Å². The minimum absolute atomic E-state index is 0.0270. The number of amides is 1. The summed E-state index contributed by atoms with van der Waals surface area (Å²) in [7, 11) is 0. The highest BCUT2D eigenvalue weighted by Gasteiger charge is 2.22. The molecule has 1 aromatic carbocycles. The second kappa shape index (κ2) is 8.40. The van der Waals surface area contributed by atoms with E-state index in [-0.39, 0.29) is 5.91 Å². The minimum atomic E-state index is 0.0270. The van der Waals surface area contributed by atoms with Crippen LogP contribution in [-0.4, -0.2) is 35.5 Å². The van der Waals surface area contributed by atoms with Crippen LogP contribution in [0.25, 0.3) is 0 Å². The van der Waals surface area contributed by atoms with Crippen molar-refractivity contribution in [2.75, 3.05) is 19.8 Å². The lowest BCUT2D eigenvalue weighted by Crippen LogP contribution is -2.36. The summed E-state index contributed by atoms with van der Waals surface area (Å²) in [5, 5.41) is 0. The van der Waals surface area contributed by atoms with Gasteiger partial charge in [-0.15, -0.1) is 0 Å². The summed E-state index contributed by atoms with van der Waals surface area (Å²) < 4.78 is 6.26. The van der Waals surface area contributed by atoms with E-state index in [9.17, 15) is 4.79 Å². The molecule has 0 atom stereocenters. The Labute approximate surface area is 151 Å². The van der Waals surface area contributed by atoms with Gasteiger partial charge in [0.05, 0.1) is 5.56 Å². The highest BCUT2D eigenvalue weighted by molar-refractivity contribution is 9.10. The fourth-order valence-electron chi connectivity index (χ4n) is 2.98. The first kappa shape index (κ1) is 17.1. The normalized spacial score (nSPS) is 15.2. The van der Waals surface area contributed by atoms with E-state index in [1.807, 2.05) is 29.2 Å². The molecule has 3 rings (SSSR count). The van der Waals surface area contributed by atoms with Crippen LogP contribution in [0.2, 0.25) is 0 Å². The number of pyridine rings is 1. The Morgan fingerprint density at radius 3 is 2.67 bits per heavy atom. The molecule has 0 unspecified atom stereocenters. The second-order valence-electron chi connectivity index (χ2n) is 6.12. The highest BCUT2D eigenvalue weighted by atomic mass is 79.9. The van der Waals surface area contributed by atoms with Gasteiger partial charge in [-0.3, -0.25) is 9.78 Å². The Bertz CT molecular complexity index is 672. The zero-order valence-corrected chi connectivity index (χ0v) is 15.1. The molecule has 126 valence electrons. The van der Waals surface area contributed by atoms with E-state index in [1.165, 1.54) is 0 Å². The molecule has 1 fully saturated rings. The molecule has 1 amide bonds. The Morgan fingerprint density at radius 2 is 1.96 bits per heavy atom. The Morgan fingerprint density at radius 1 is 1.21 bits per heavy atom. The van der Waals surface area contributed by atoms with Crippen LogP contribution >= 0.6 is 15.9 Å². The van der Waals surface area contributed by atoms with Crippen LogP contribution in [0.15, 0.2) is 53.3 Å². The molecular formula is C19H21BrN2O2. The van der Waals surface area contributed by atoms with E-state index in [0.717, 1.165) is 42.6 Å². The summed E-state index contributed by atoms with van der Waals surface area (Å²) in [5.74, 6) is 0.519. The smallest absolute Gasteiger partial charge is 0.255 e. The molecule has 2 aromatic rings. The van der Waals surface area contributed by atoms with Crippen molar-refractivity contribution in [1.29, 1.82) is 0 Å². The molecule has 0 N–H and O–H groups in total. The van der Waals surface area contributed by atoms with Crippen molar-refractivity contribution in [3.63, 3.8) is 0 Å². The van der Waals surface area contributed by atoms with Gasteiger partial charge in [0.1, 0.15) is 0 Å². The van der Waals surface area contributed by atoms with Gasteiger partial charge in [0.15, 0.2) is 0 Å². The standard InChI is InChI=1S/C19H21BrN2O2/c20-18-10-17(11-21-12-18)19(23)22(13-15-4-2-1-3-5-15)14-16-6-8-24-9-7-16/h1-5,10-12,16H,6-9,13-14H2. The molecule has 0 spiro atoms. The maximum absolute atomic E-state index is 13.0. The summed E-state index contributed by atoms with van der Waals surface area (Å²) in [6.07, 6.45) is 5.34.